The van der Waals surface area contributed by atoms with Crippen LogP contribution in [0.5, 0.6) is 0 Å². The van der Waals surface area contributed by atoms with Crippen molar-refractivity contribution in [3.8, 4) is 0 Å². The second kappa shape index (κ2) is 8.71. The standard InChI is InChI=1S/C20H33N3O3S/c1-16-8-6-7-13-23(16)27(25,26)18-11-9-17(10-12-18)19(24)21-14-20(2,3)15-22(4)5/h9-12,16H,6-8,13-15H2,1-5H3,(H,21,24). The summed E-state index contributed by atoms with van der Waals surface area (Å²) < 4.78 is 27.3. The average Bonchev–Trinajstić information content (AvgIpc) is 2.59. The van der Waals surface area contributed by atoms with Crippen molar-refractivity contribution in [2.24, 2.45) is 5.41 Å². The third kappa shape index (κ3) is 5.77. The van der Waals surface area contributed by atoms with Crippen LogP contribution >= 0.6 is 0 Å². The van der Waals surface area contributed by atoms with Gasteiger partial charge in [0.25, 0.3) is 5.91 Å². The van der Waals surface area contributed by atoms with Crippen LogP contribution in [0, 0.1) is 5.41 Å². The molecule has 1 N–H and O–H groups in total. The molecule has 0 aromatic heterocycles. The number of carbonyl (C=O) groups is 1. The number of rotatable bonds is 7. The van der Waals surface area contributed by atoms with Crippen LogP contribution in [0.15, 0.2) is 29.2 Å². The van der Waals surface area contributed by atoms with Crippen LogP contribution in [0.1, 0.15) is 50.4 Å². The van der Waals surface area contributed by atoms with Crippen LogP contribution in [-0.4, -0.2) is 63.3 Å². The molecule has 1 saturated heterocycles. The highest BCUT2D eigenvalue weighted by Crippen LogP contribution is 2.25. The lowest BCUT2D eigenvalue weighted by atomic mass is 9.93. The Bertz CT molecular complexity index is 742. The number of sulfonamides is 1. The van der Waals surface area contributed by atoms with E-state index in [0.717, 1.165) is 25.8 Å². The first-order valence-corrected chi connectivity index (χ1v) is 11.0. The molecule has 0 aliphatic carbocycles. The number of carbonyl (C=O) groups excluding carboxylic acids is 1. The van der Waals surface area contributed by atoms with Gasteiger partial charge in [0.2, 0.25) is 10.0 Å². The summed E-state index contributed by atoms with van der Waals surface area (Å²) in [7, 11) is 0.505. The molecular weight excluding hydrogens is 362 g/mol. The fraction of sp³-hybridized carbons (Fsp3) is 0.650. The first-order valence-electron chi connectivity index (χ1n) is 9.58. The summed E-state index contributed by atoms with van der Waals surface area (Å²) in [6.45, 7) is 8.13. The van der Waals surface area contributed by atoms with Crippen LogP contribution in [0.2, 0.25) is 0 Å². The van der Waals surface area contributed by atoms with Gasteiger partial charge in [0.1, 0.15) is 0 Å². The molecule has 0 saturated carbocycles. The summed E-state index contributed by atoms with van der Waals surface area (Å²) in [6, 6.07) is 6.28. The summed E-state index contributed by atoms with van der Waals surface area (Å²) in [6.07, 6.45) is 2.85. The molecule has 1 aliphatic rings. The van der Waals surface area contributed by atoms with E-state index in [1.165, 1.54) is 12.1 Å². The van der Waals surface area contributed by atoms with Crippen LogP contribution in [0.3, 0.4) is 0 Å². The van der Waals surface area contributed by atoms with Crippen molar-refractivity contribution in [2.45, 2.75) is 51.0 Å². The van der Waals surface area contributed by atoms with Gasteiger partial charge in [0, 0.05) is 31.2 Å². The van der Waals surface area contributed by atoms with Crippen molar-refractivity contribution in [3.63, 3.8) is 0 Å². The molecule has 1 amide bonds. The molecule has 0 spiro atoms. The van der Waals surface area contributed by atoms with Gasteiger partial charge in [-0.2, -0.15) is 4.31 Å². The van der Waals surface area contributed by atoms with E-state index in [-0.39, 0.29) is 22.3 Å². The van der Waals surface area contributed by atoms with Crippen molar-refractivity contribution < 1.29 is 13.2 Å². The van der Waals surface area contributed by atoms with Crippen LogP contribution in [-0.2, 0) is 10.0 Å². The quantitative estimate of drug-likeness (QED) is 0.770. The maximum atomic E-state index is 12.9. The molecule has 1 fully saturated rings. The predicted molar refractivity (Wildman–Crippen MR) is 108 cm³/mol. The summed E-state index contributed by atoms with van der Waals surface area (Å²) >= 11 is 0. The first-order chi connectivity index (χ1) is 12.5. The molecule has 7 heteroatoms. The van der Waals surface area contributed by atoms with Crippen molar-refractivity contribution >= 4 is 15.9 Å². The SMILES string of the molecule is CC1CCCCN1S(=O)(=O)c1ccc(C(=O)NCC(C)(C)CN(C)C)cc1. The number of amides is 1. The fourth-order valence-corrected chi connectivity index (χ4v) is 5.38. The molecule has 1 aliphatic heterocycles. The molecule has 1 heterocycles. The topological polar surface area (TPSA) is 69.7 Å². The molecule has 1 unspecified atom stereocenters. The molecular formula is C20H33N3O3S. The van der Waals surface area contributed by atoms with Crippen LogP contribution in [0.25, 0.3) is 0 Å². The molecule has 152 valence electrons. The van der Waals surface area contributed by atoms with E-state index in [0.29, 0.717) is 18.7 Å². The van der Waals surface area contributed by atoms with E-state index >= 15 is 0 Å². The van der Waals surface area contributed by atoms with Gasteiger partial charge in [0.05, 0.1) is 4.90 Å². The fourth-order valence-electron chi connectivity index (χ4n) is 3.68. The number of hydrogen-bond acceptors (Lipinski definition) is 4. The van der Waals surface area contributed by atoms with Gasteiger partial charge in [-0.05, 0) is 63.5 Å². The lowest BCUT2D eigenvalue weighted by molar-refractivity contribution is 0.0929. The maximum absolute atomic E-state index is 12.9. The Morgan fingerprint density at radius 3 is 2.41 bits per heavy atom. The zero-order chi connectivity index (χ0) is 20.2. The second-order valence-corrected chi connectivity index (χ2v) is 10.5. The Morgan fingerprint density at radius 2 is 1.85 bits per heavy atom. The Morgan fingerprint density at radius 1 is 1.22 bits per heavy atom. The Labute approximate surface area is 164 Å². The van der Waals surface area contributed by atoms with Crippen molar-refractivity contribution in [2.75, 3.05) is 33.7 Å². The normalized spacial score (nSPS) is 19.3. The van der Waals surface area contributed by atoms with Gasteiger partial charge in [-0.1, -0.05) is 20.3 Å². The van der Waals surface area contributed by atoms with E-state index in [2.05, 4.69) is 24.1 Å². The molecule has 0 bridgehead atoms. The van der Waals surface area contributed by atoms with Crippen molar-refractivity contribution in [3.05, 3.63) is 29.8 Å². The third-order valence-corrected chi connectivity index (χ3v) is 6.96. The minimum absolute atomic E-state index is 0.0191. The van der Waals surface area contributed by atoms with E-state index in [1.54, 1.807) is 16.4 Å². The number of hydrogen-bond donors (Lipinski definition) is 1. The number of nitrogens with one attached hydrogen (secondary N) is 1. The van der Waals surface area contributed by atoms with Gasteiger partial charge in [0.15, 0.2) is 0 Å². The lowest BCUT2D eigenvalue weighted by Crippen LogP contribution is -2.42. The minimum Gasteiger partial charge on any atom is -0.351 e. The van der Waals surface area contributed by atoms with Gasteiger partial charge in [-0.25, -0.2) is 8.42 Å². The maximum Gasteiger partial charge on any atom is 0.251 e. The highest BCUT2D eigenvalue weighted by Gasteiger charge is 2.31. The Hall–Kier alpha value is -1.44. The molecule has 1 atom stereocenters. The van der Waals surface area contributed by atoms with Crippen LogP contribution < -0.4 is 5.32 Å². The number of nitrogens with zero attached hydrogens (tertiary/aromatic N) is 2. The van der Waals surface area contributed by atoms with Crippen LogP contribution in [0.4, 0.5) is 0 Å². The third-order valence-electron chi connectivity index (χ3n) is 4.94. The van der Waals surface area contributed by atoms with Crippen molar-refractivity contribution in [1.29, 1.82) is 0 Å². The number of benzene rings is 1. The van der Waals surface area contributed by atoms with Gasteiger partial charge >= 0.3 is 0 Å². The lowest BCUT2D eigenvalue weighted by Gasteiger charge is -2.32. The monoisotopic (exact) mass is 395 g/mol. The van der Waals surface area contributed by atoms with Gasteiger partial charge in [-0.3, -0.25) is 4.79 Å². The summed E-state index contributed by atoms with van der Waals surface area (Å²) in [5.41, 5.74) is 0.425. The average molecular weight is 396 g/mol. The Balaban J connectivity index is 2.05. The van der Waals surface area contributed by atoms with E-state index in [4.69, 9.17) is 0 Å². The smallest absolute Gasteiger partial charge is 0.251 e. The summed E-state index contributed by atoms with van der Waals surface area (Å²) in [4.78, 5) is 14.7. The van der Waals surface area contributed by atoms with E-state index in [1.807, 2.05) is 21.0 Å². The zero-order valence-electron chi connectivity index (χ0n) is 17.2. The molecule has 27 heavy (non-hydrogen) atoms. The second-order valence-electron chi connectivity index (χ2n) is 8.57. The highest BCUT2D eigenvalue weighted by atomic mass is 32.2. The van der Waals surface area contributed by atoms with E-state index < -0.39 is 10.0 Å². The largest absolute Gasteiger partial charge is 0.351 e. The summed E-state index contributed by atoms with van der Waals surface area (Å²) in [5.74, 6) is -0.183. The van der Waals surface area contributed by atoms with Gasteiger partial charge in [-0.15, -0.1) is 0 Å². The first kappa shape index (κ1) is 21.9. The zero-order valence-corrected chi connectivity index (χ0v) is 18.0. The van der Waals surface area contributed by atoms with E-state index in [9.17, 15) is 13.2 Å². The Kier molecular flexibility index (Phi) is 7.05. The molecule has 2 rings (SSSR count). The van der Waals surface area contributed by atoms with Crippen molar-refractivity contribution in [1.82, 2.24) is 14.5 Å². The molecule has 6 nitrogen and oxygen atoms in total. The predicted octanol–water partition coefficient (Wildman–Crippen LogP) is 2.57. The molecule has 1 aromatic carbocycles. The molecule has 1 aromatic rings. The number of piperidine rings is 1. The molecule has 0 radical (unpaired) electrons. The highest BCUT2D eigenvalue weighted by molar-refractivity contribution is 7.89. The summed E-state index contributed by atoms with van der Waals surface area (Å²) in [5, 5.41) is 2.95. The minimum atomic E-state index is -3.51. The van der Waals surface area contributed by atoms with Gasteiger partial charge < -0.3 is 10.2 Å².